The first kappa shape index (κ1) is 21.1. The number of hydrogen-bond donors (Lipinski definition) is 2. The van der Waals surface area contributed by atoms with Gasteiger partial charge in [-0.3, -0.25) is 4.79 Å². The van der Waals surface area contributed by atoms with Crippen molar-refractivity contribution < 1.29 is 14.3 Å². The highest BCUT2D eigenvalue weighted by atomic mass is 16.5. The van der Waals surface area contributed by atoms with E-state index in [4.69, 9.17) is 4.74 Å². The van der Waals surface area contributed by atoms with E-state index >= 15 is 0 Å². The lowest BCUT2D eigenvalue weighted by molar-refractivity contribution is -0.118. The minimum atomic E-state index is -0.763. The summed E-state index contributed by atoms with van der Waals surface area (Å²) >= 11 is 0. The lowest BCUT2D eigenvalue weighted by Crippen LogP contribution is -2.45. The highest BCUT2D eigenvalue weighted by Crippen LogP contribution is 2.13. The second-order valence-electron chi connectivity index (χ2n) is 6.99. The van der Waals surface area contributed by atoms with Gasteiger partial charge in [0, 0.05) is 12.1 Å². The molecule has 3 rings (SSSR count). The Balaban J connectivity index is 1.67. The SMILES string of the molecule is CCc1cccc(NC(=O)[C@H](Cc2ccccc2)NC(=O)OCc2ccccc2)c1. The van der Waals surface area contributed by atoms with E-state index in [2.05, 4.69) is 17.6 Å². The molecule has 3 aromatic carbocycles. The topological polar surface area (TPSA) is 67.4 Å². The molecule has 0 aromatic heterocycles. The molecule has 0 bridgehead atoms. The Hall–Kier alpha value is -3.60. The van der Waals surface area contributed by atoms with Crippen LogP contribution in [0.3, 0.4) is 0 Å². The van der Waals surface area contributed by atoms with E-state index in [1.807, 2.05) is 84.9 Å². The molecule has 0 radical (unpaired) electrons. The van der Waals surface area contributed by atoms with Crippen LogP contribution in [-0.4, -0.2) is 18.0 Å². The van der Waals surface area contributed by atoms with Gasteiger partial charge in [0.2, 0.25) is 5.91 Å². The molecule has 0 saturated carbocycles. The van der Waals surface area contributed by atoms with Crippen molar-refractivity contribution in [2.45, 2.75) is 32.4 Å². The number of hydrogen-bond acceptors (Lipinski definition) is 3. The van der Waals surface area contributed by atoms with Crippen LogP contribution in [-0.2, 0) is 29.0 Å². The van der Waals surface area contributed by atoms with Crippen LogP contribution >= 0.6 is 0 Å². The minimum Gasteiger partial charge on any atom is -0.445 e. The number of carbonyl (C=O) groups is 2. The highest BCUT2D eigenvalue weighted by Gasteiger charge is 2.22. The van der Waals surface area contributed by atoms with E-state index in [1.54, 1.807) is 0 Å². The minimum absolute atomic E-state index is 0.144. The Labute approximate surface area is 177 Å². The molecule has 0 unspecified atom stereocenters. The summed E-state index contributed by atoms with van der Waals surface area (Å²) in [5, 5.41) is 5.62. The third-order valence-electron chi connectivity index (χ3n) is 4.71. The maximum atomic E-state index is 12.9. The van der Waals surface area contributed by atoms with Crippen molar-refractivity contribution in [2.75, 3.05) is 5.32 Å². The van der Waals surface area contributed by atoms with Gasteiger partial charge >= 0.3 is 6.09 Å². The molecule has 30 heavy (non-hydrogen) atoms. The van der Waals surface area contributed by atoms with Crippen molar-refractivity contribution >= 4 is 17.7 Å². The molecular formula is C25H26N2O3. The van der Waals surface area contributed by atoms with Gasteiger partial charge in [-0.25, -0.2) is 4.79 Å². The second-order valence-corrected chi connectivity index (χ2v) is 6.99. The van der Waals surface area contributed by atoms with Gasteiger partial charge in [0.05, 0.1) is 0 Å². The summed E-state index contributed by atoms with van der Waals surface area (Å²) < 4.78 is 5.30. The highest BCUT2D eigenvalue weighted by molar-refractivity contribution is 5.96. The van der Waals surface area contributed by atoms with Crippen molar-refractivity contribution in [1.82, 2.24) is 5.32 Å². The molecular weight excluding hydrogens is 376 g/mol. The van der Waals surface area contributed by atoms with Crippen LogP contribution < -0.4 is 10.6 Å². The van der Waals surface area contributed by atoms with Crippen LogP contribution in [0.4, 0.5) is 10.5 Å². The fraction of sp³-hybridized carbons (Fsp3) is 0.200. The number of amides is 2. The number of anilines is 1. The quantitative estimate of drug-likeness (QED) is 0.573. The lowest BCUT2D eigenvalue weighted by atomic mass is 10.1. The number of rotatable bonds is 8. The third-order valence-corrected chi connectivity index (χ3v) is 4.71. The normalized spacial score (nSPS) is 11.4. The fourth-order valence-corrected chi connectivity index (χ4v) is 3.06. The van der Waals surface area contributed by atoms with E-state index < -0.39 is 12.1 Å². The summed E-state index contributed by atoms with van der Waals surface area (Å²) in [6, 6.07) is 25.9. The zero-order valence-electron chi connectivity index (χ0n) is 17.0. The summed E-state index contributed by atoms with van der Waals surface area (Å²) in [7, 11) is 0. The molecule has 154 valence electrons. The summed E-state index contributed by atoms with van der Waals surface area (Å²) in [5.74, 6) is -0.288. The predicted octanol–water partition coefficient (Wildman–Crippen LogP) is 4.73. The first-order chi connectivity index (χ1) is 14.6. The van der Waals surface area contributed by atoms with Crippen molar-refractivity contribution in [3.63, 3.8) is 0 Å². The van der Waals surface area contributed by atoms with Crippen molar-refractivity contribution in [1.29, 1.82) is 0 Å². The molecule has 1 atom stereocenters. The molecule has 0 spiro atoms. The monoisotopic (exact) mass is 402 g/mol. The smallest absolute Gasteiger partial charge is 0.408 e. The first-order valence-corrected chi connectivity index (χ1v) is 10.0. The average Bonchev–Trinajstić information content (AvgIpc) is 2.79. The predicted molar refractivity (Wildman–Crippen MR) is 118 cm³/mol. The van der Waals surface area contributed by atoms with Crippen LogP contribution in [0.2, 0.25) is 0 Å². The number of alkyl carbamates (subject to hydrolysis) is 1. The summed E-state index contributed by atoms with van der Waals surface area (Å²) in [5.41, 5.74) is 3.66. The molecule has 5 nitrogen and oxygen atoms in total. The van der Waals surface area contributed by atoms with Crippen molar-refractivity contribution in [2.24, 2.45) is 0 Å². The molecule has 0 heterocycles. The van der Waals surface area contributed by atoms with E-state index in [-0.39, 0.29) is 12.5 Å². The molecule has 0 saturated heterocycles. The van der Waals surface area contributed by atoms with Gasteiger partial charge in [0.25, 0.3) is 0 Å². The van der Waals surface area contributed by atoms with Crippen LogP contribution in [0.15, 0.2) is 84.9 Å². The average molecular weight is 402 g/mol. The maximum absolute atomic E-state index is 12.9. The first-order valence-electron chi connectivity index (χ1n) is 10.0. The van der Waals surface area contributed by atoms with Gasteiger partial charge in [-0.2, -0.15) is 0 Å². The van der Waals surface area contributed by atoms with Gasteiger partial charge < -0.3 is 15.4 Å². The van der Waals surface area contributed by atoms with Crippen LogP contribution in [0.1, 0.15) is 23.6 Å². The van der Waals surface area contributed by atoms with E-state index in [0.717, 1.165) is 23.1 Å². The number of nitrogens with one attached hydrogen (secondary N) is 2. The Morgan fingerprint density at radius 3 is 2.13 bits per heavy atom. The molecule has 0 aliphatic rings. The fourth-order valence-electron chi connectivity index (χ4n) is 3.06. The summed E-state index contributed by atoms with van der Waals surface area (Å²) in [4.78, 5) is 25.3. The lowest BCUT2D eigenvalue weighted by Gasteiger charge is -2.19. The van der Waals surface area contributed by atoms with E-state index in [0.29, 0.717) is 12.1 Å². The molecule has 2 amide bonds. The standard InChI is InChI=1S/C25H26N2O3/c1-2-19-14-9-15-22(16-19)26-24(28)23(17-20-10-5-3-6-11-20)27-25(29)30-18-21-12-7-4-8-13-21/h3-16,23H,2,17-18H2,1H3,(H,26,28)(H,27,29)/t23-/m0/s1. The Morgan fingerprint density at radius 1 is 0.833 bits per heavy atom. The molecule has 2 N–H and O–H groups in total. The third kappa shape index (κ3) is 6.48. The largest absolute Gasteiger partial charge is 0.445 e. The van der Waals surface area contributed by atoms with Gasteiger partial charge in [-0.1, -0.05) is 79.7 Å². The number of aryl methyl sites for hydroxylation is 1. The zero-order chi connectivity index (χ0) is 21.2. The van der Waals surface area contributed by atoms with Gasteiger partial charge in [-0.15, -0.1) is 0 Å². The number of benzene rings is 3. The second kappa shape index (κ2) is 10.8. The summed E-state index contributed by atoms with van der Waals surface area (Å²) in [6.45, 7) is 2.20. The van der Waals surface area contributed by atoms with Crippen molar-refractivity contribution in [3.8, 4) is 0 Å². The zero-order valence-corrected chi connectivity index (χ0v) is 17.0. The van der Waals surface area contributed by atoms with Gasteiger partial charge in [0.15, 0.2) is 0 Å². The Kier molecular flexibility index (Phi) is 7.61. The maximum Gasteiger partial charge on any atom is 0.408 e. The Morgan fingerprint density at radius 2 is 1.47 bits per heavy atom. The van der Waals surface area contributed by atoms with Gasteiger partial charge in [-0.05, 0) is 35.2 Å². The summed E-state index contributed by atoms with van der Waals surface area (Å²) in [6.07, 6.45) is 0.610. The van der Waals surface area contributed by atoms with Crippen LogP contribution in [0.5, 0.6) is 0 Å². The molecule has 0 fully saturated rings. The number of carbonyl (C=O) groups excluding carboxylic acids is 2. The molecule has 3 aromatic rings. The Bertz CT molecular complexity index is 958. The van der Waals surface area contributed by atoms with Gasteiger partial charge in [0.1, 0.15) is 12.6 Å². The molecule has 5 heteroatoms. The van der Waals surface area contributed by atoms with Crippen LogP contribution in [0, 0.1) is 0 Å². The molecule has 0 aliphatic heterocycles. The van der Waals surface area contributed by atoms with E-state index in [1.165, 1.54) is 0 Å². The van der Waals surface area contributed by atoms with Crippen LogP contribution in [0.25, 0.3) is 0 Å². The molecule has 0 aliphatic carbocycles. The van der Waals surface area contributed by atoms with E-state index in [9.17, 15) is 9.59 Å². The number of ether oxygens (including phenoxy) is 1. The van der Waals surface area contributed by atoms with Crippen molar-refractivity contribution in [3.05, 3.63) is 102 Å².